The van der Waals surface area contributed by atoms with Gasteiger partial charge in [-0.25, -0.2) is 9.18 Å². The molecular weight excluding hydrogens is 419 g/mol. The molecule has 2 aromatic heterocycles. The van der Waals surface area contributed by atoms with E-state index in [0.717, 1.165) is 0 Å². The molecule has 1 fully saturated rings. The molecular formula is C19H18ClFN4O5. The zero-order chi connectivity index (χ0) is 21.4. The van der Waals surface area contributed by atoms with Crippen LogP contribution in [0.25, 0.3) is 11.2 Å². The molecule has 0 saturated carbocycles. The first-order chi connectivity index (χ1) is 14.4. The number of fused-ring (bicyclic) bond motifs is 1. The number of amides is 1. The fraction of sp³-hybridized carbons (Fsp3) is 0.316. The number of rotatable bonds is 4. The number of aromatic amines is 1. The number of aromatic nitrogens is 2. The number of pyridine rings is 1. The van der Waals surface area contributed by atoms with Crippen molar-refractivity contribution in [1.82, 2.24) is 14.5 Å². The van der Waals surface area contributed by atoms with Crippen LogP contribution in [0.4, 0.5) is 10.1 Å². The fourth-order valence-corrected chi connectivity index (χ4v) is 3.73. The lowest BCUT2D eigenvalue weighted by Crippen LogP contribution is -2.50. The molecule has 30 heavy (non-hydrogen) atoms. The van der Waals surface area contributed by atoms with Gasteiger partial charge in [0.2, 0.25) is 5.91 Å². The largest absolute Gasteiger partial charge is 0.495 e. The Morgan fingerprint density at radius 3 is 2.67 bits per heavy atom. The highest BCUT2D eigenvalue weighted by Gasteiger charge is 2.25. The van der Waals surface area contributed by atoms with Gasteiger partial charge >= 0.3 is 5.76 Å². The molecule has 3 aromatic rings. The molecule has 1 saturated heterocycles. The van der Waals surface area contributed by atoms with Crippen molar-refractivity contribution in [3.05, 3.63) is 56.0 Å². The number of hydrogen-bond acceptors (Lipinski definition) is 6. The zero-order valence-corrected chi connectivity index (χ0v) is 16.7. The number of methoxy groups -OCH3 is 1. The van der Waals surface area contributed by atoms with E-state index >= 15 is 0 Å². The van der Waals surface area contributed by atoms with Crippen molar-refractivity contribution in [2.45, 2.75) is 6.54 Å². The number of piperazine rings is 1. The maximum absolute atomic E-state index is 14.4. The number of carbonyl (C=O) groups excluding carboxylic acids is 1. The Kier molecular flexibility index (Phi) is 5.25. The highest BCUT2D eigenvalue weighted by molar-refractivity contribution is 6.32. The Hall–Kier alpha value is -3.27. The van der Waals surface area contributed by atoms with E-state index < -0.39 is 17.1 Å². The Morgan fingerprint density at radius 2 is 1.97 bits per heavy atom. The van der Waals surface area contributed by atoms with Gasteiger partial charge in [-0.1, -0.05) is 11.6 Å². The smallest absolute Gasteiger partial charge is 0.418 e. The van der Waals surface area contributed by atoms with Gasteiger partial charge in [-0.05, 0) is 12.1 Å². The summed E-state index contributed by atoms with van der Waals surface area (Å²) in [6, 6.07) is 5.35. The highest BCUT2D eigenvalue weighted by Crippen LogP contribution is 2.32. The SMILES string of the molecule is COc1cc(N2CCN(C(=O)Cn3c(=O)ccc4oc(=O)[nH]c43)CC2)c(F)cc1Cl. The van der Waals surface area contributed by atoms with Gasteiger partial charge in [-0.2, -0.15) is 0 Å². The van der Waals surface area contributed by atoms with Crippen molar-refractivity contribution in [3.8, 4) is 5.75 Å². The molecule has 1 aliphatic rings. The molecule has 1 aliphatic heterocycles. The summed E-state index contributed by atoms with van der Waals surface area (Å²) >= 11 is 5.94. The molecule has 0 unspecified atom stereocenters. The molecule has 0 aliphatic carbocycles. The van der Waals surface area contributed by atoms with Crippen LogP contribution in [0.5, 0.6) is 5.75 Å². The molecule has 0 radical (unpaired) electrons. The predicted octanol–water partition coefficient (Wildman–Crippen LogP) is 1.43. The Bertz CT molecular complexity index is 1230. The Balaban J connectivity index is 1.48. The minimum atomic E-state index is -0.703. The van der Waals surface area contributed by atoms with E-state index in [2.05, 4.69) is 4.98 Å². The minimum Gasteiger partial charge on any atom is -0.495 e. The van der Waals surface area contributed by atoms with Crippen molar-refractivity contribution in [1.29, 1.82) is 0 Å². The van der Waals surface area contributed by atoms with Crippen LogP contribution in [0, 0.1) is 5.82 Å². The summed E-state index contributed by atoms with van der Waals surface area (Å²) in [5.41, 5.74) is 0.279. The van der Waals surface area contributed by atoms with E-state index in [-0.39, 0.29) is 28.7 Å². The third kappa shape index (κ3) is 3.65. The van der Waals surface area contributed by atoms with Crippen molar-refractivity contribution >= 4 is 34.4 Å². The molecule has 1 N–H and O–H groups in total. The molecule has 9 nitrogen and oxygen atoms in total. The predicted molar refractivity (Wildman–Crippen MR) is 108 cm³/mol. The molecule has 1 amide bonds. The van der Waals surface area contributed by atoms with Crippen molar-refractivity contribution < 1.29 is 18.3 Å². The first-order valence-corrected chi connectivity index (χ1v) is 9.53. The topological polar surface area (TPSA) is 101 Å². The maximum Gasteiger partial charge on any atom is 0.418 e. The van der Waals surface area contributed by atoms with Crippen LogP contribution in [-0.4, -0.2) is 53.6 Å². The quantitative estimate of drug-likeness (QED) is 0.664. The summed E-state index contributed by atoms with van der Waals surface area (Å²) in [5.74, 6) is -1.10. The van der Waals surface area contributed by atoms with E-state index in [0.29, 0.717) is 37.6 Å². The average molecular weight is 437 g/mol. The van der Waals surface area contributed by atoms with Crippen LogP contribution in [0.15, 0.2) is 38.3 Å². The molecule has 3 heterocycles. The van der Waals surface area contributed by atoms with Crippen LogP contribution >= 0.6 is 11.6 Å². The average Bonchev–Trinajstić information content (AvgIpc) is 3.11. The third-order valence-electron chi connectivity index (χ3n) is 5.06. The van der Waals surface area contributed by atoms with Gasteiger partial charge in [0.25, 0.3) is 5.56 Å². The first kappa shape index (κ1) is 20.0. The van der Waals surface area contributed by atoms with E-state index in [1.165, 1.54) is 35.9 Å². The second-order valence-corrected chi connectivity index (χ2v) is 7.20. The number of oxazole rings is 1. The van der Waals surface area contributed by atoms with Crippen LogP contribution < -0.4 is 21.0 Å². The normalized spacial score (nSPS) is 14.4. The van der Waals surface area contributed by atoms with Crippen LogP contribution in [-0.2, 0) is 11.3 Å². The first-order valence-electron chi connectivity index (χ1n) is 9.16. The number of ether oxygens (including phenoxy) is 1. The minimum absolute atomic E-state index is 0.162. The number of anilines is 1. The number of nitrogens with zero attached hydrogens (tertiary/aromatic N) is 3. The van der Waals surface area contributed by atoms with Crippen LogP contribution in [0.2, 0.25) is 5.02 Å². The van der Waals surface area contributed by atoms with E-state index in [1.54, 1.807) is 9.80 Å². The molecule has 1 aromatic carbocycles. The van der Waals surface area contributed by atoms with Crippen molar-refractivity contribution in [3.63, 3.8) is 0 Å². The molecule has 158 valence electrons. The third-order valence-corrected chi connectivity index (χ3v) is 5.35. The van der Waals surface area contributed by atoms with Gasteiger partial charge in [-0.15, -0.1) is 0 Å². The zero-order valence-electron chi connectivity index (χ0n) is 16.0. The number of halogens is 2. The summed E-state index contributed by atoms with van der Waals surface area (Å²) in [6.07, 6.45) is 0. The van der Waals surface area contributed by atoms with Crippen molar-refractivity contribution in [2.24, 2.45) is 0 Å². The molecule has 11 heteroatoms. The van der Waals surface area contributed by atoms with Gasteiger partial charge in [0.05, 0.1) is 17.8 Å². The summed E-state index contributed by atoms with van der Waals surface area (Å²) in [4.78, 5) is 42.2. The number of hydrogen-bond donors (Lipinski definition) is 1. The monoisotopic (exact) mass is 436 g/mol. The maximum atomic E-state index is 14.4. The molecule has 4 rings (SSSR count). The van der Waals surface area contributed by atoms with Gasteiger partial charge < -0.3 is 19.0 Å². The second kappa shape index (κ2) is 7.86. The summed E-state index contributed by atoms with van der Waals surface area (Å²) in [6.45, 7) is 1.24. The van der Waals surface area contributed by atoms with Gasteiger partial charge in [0.1, 0.15) is 18.1 Å². The standard InChI is InChI=1S/C19H18ClFN4O5/c1-29-15-9-13(12(21)8-11(15)20)23-4-6-24(7-5-23)17(27)10-25-16(26)3-2-14-18(25)22-19(28)30-14/h2-3,8-9H,4-7,10H2,1H3,(H,22,28). The van der Waals surface area contributed by atoms with E-state index in [9.17, 15) is 18.8 Å². The molecule has 0 atom stereocenters. The fourth-order valence-electron chi connectivity index (χ4n) is 3.50. The highest BCUT2D eigenvalue weighted by atomic mass is 35.5. The lowest BCUT2D eigenvalue weighted by molar-refractivity contribution is -0.132. The molecule has 0 spiro atoms. The number of nitrogens with one attached hydrogen (secondary N) is 1. The van der Waals surface area contributed by atoms with Gasteiger partial charge in [0.15, 0.2) is 11.2 Å². The van der Waals surface area contributed by atoms with Crippen LogP contribution in [0.1, 0.15) is 0 Å². The van der Waals surface area contributed by atoms with Gasteiger partial charge in [0, 0.05) is 38.3 Å². The number of H-pyrrole nitrogens is 1. The number of benzene rings is 1. The van der Waals surface area contributed by atoms with Crippen LogP contribution in [0.3, 0.4) is 0 Å². The lowest BCUT2D eigenvalue weighted by Gasteiger charge is -2.36. The van der Waals surface area contributed by atoms with E-state index in [4.69, 9.17) is 20.8 Å². The lowest BCUT2D eigenvalue weighted by atomic mass is 10.2. The van der Waals surface area contributed by atoms with E-state index in [1.807, 2.05) is 0 Å². The summed E-state index contributed by atoms with van der Waals surface area (Å²) in [5, 5.41) is 0.185. The second-order valence-electron chi connectivity index (χ2n) is 6.79. The Morgan fingerprint density at radius 1 is 1.23 bits per heavy atom. The molecule has 0 bridgehead atoms. The summed E-state index contributed by atoms with van der Waals surface area (Å²) < 4.78 is 25.6. The van der Waals surface area contributed by atoms with Gasteiger partial charge in [-0.3, -0.25) is 19.1 Å². The number of carbonyl (C=O) groups is 1. The Labute approximate surface area is 174 Å². The summed E-state index contributed by atoms with van der Waals surface area (Å²) in [7, 11) is 1.45. The van der Waals surface area contributed by atoms with Crippen molar-refractivity contribution in [2.75, 3.05) is 38.2 Å².